The third kappa shape index (κ3) is 11.1. The highest BCUT2D eigenvalue weighted by Crippen LogP contribution is 2.39. The molecule has 0 heterocycles. The molecule has 226 valence electrons. The molecule has 0 bridgehead atoms. The highest BCUT2D eigenvalue weighted by atomic mass is 32.8. The Labute approximate surface area is 254 Å². The van der Waals surface area contributed by atoms with Crippen LogP contribution in [0.4, 0.5) is 0 Å². The smallest absolute Gasteiger partial charge is 0.129 e. The fraction of sp³-hybridized carbons (Fsp3) is 0.667. The van der Waals surface area contributed by atoms with Crippen molar-refractivity contribution in [1.29, 1.82) is 0 Å². The lowest BCUT2D eigenvalue weighted by Gasteiger charge is -2.27. The zero-order valence-electron chi connectivity index (χ0n) is 26.5. The van der Waals surface area contributed by atoms with E-state index in [4.69, 9.17) is 11.2 Å². The summed E-state index contributed by atoms with van der Waals surface area (Å²) in [5, 5.41) is 21.7. The van der Waals surface area contributed by atoms with Gasteiger partial charge in [0.2, 0.25) is 0 Å². The minimum atomic E-state index is -0.851. The van der Waals surface area contributed by atoms with Crippen LogP contribution in [0.5, 0.6) is 11.5 Å². The van der Waals surface area contributed by atoms with Crippen molar-refractivity contribution >= 4 is 20.6 Å². The summed E-state index contributed by atoms with van der Waals surface area (Å²) in [4.78, 5) is 1.50. The van der Waals surface area contributed by atoms with E-state index in [1.165, 1.54) is 101 Å². The number of aromatic hydroxyl groups is 2. The summed E-state index contributed by atoms with van der Waals surface area (Å²) in [5.41, 5.74) is 2.44. The van der Waals surface area contributed by atoms with Crippen LogP contribution in [0.2, 0.25) is 0 Å². The number of phenols is 2. The highest BCUT2D eigenvalue weighted by Gasteiger charge is 2.25. The van der Waals surface area contributed by atoms with Crippen LogP contribution in [-0.2, 0) is 31.5 Å². The molecular weight excluding hydrogens is 529 g/mol. The Morgan fingerprint density at radius 2 is 0.875 bits per heavy atom. The van der Waals surface area contributed by atoms with Gasteiger partial charge in [0, 0.05) is 0 Å². The van der Waals surface area contributed by atoms with Gasteiger partial charge in [-0.05, 0) is 70.3 Å². The summed E-state index contributed by atoms with van der Waals surface area (Å²) < 4.78 is 0. The van der Waals surface area contributed by atoms with Gasteiger partial charge in [-0.2, -0.15) is 0 Å². The number of benzene rings is 2. The number of hydrogen-bond acceptors (Lipinski definition) is 3. The van der Waals surface area contributed by atoms with Crippen LogP contribution < -0.4 is 0 Å². The summed E-state index contributed by atoms with van der Waals surface area (Å²) >= 11 is 6.03. The molecule has 0 atom stereocenters. The summed E-state index contributed by atoms with van der Waals surface area (Å²) in [5.74, 6) is 0.446. The average molecular weight is 587 g/mol. The molecule has 0 fully saturated rings. The molecule has 0 saturated carbocycles. The molecule has 2 N–H and O–H groups in total. The van der Waals surface area contributed by atoms with Crippen molar-refractivity contribution in [2.75, 3.05) is 0 Å². The zero-order chi connectivity index (χ0) is 29.6. The lowest BCUT2D eigenvalue weighted by molar-refractivity contribution is 0.435. The molecule has 0 aliphatic heterocycles. The number of phenolic OH excluding ortho intramolecular Hbond substituents is 2. The number of unbranched alkanes of at least 4 members (excludes halogenated alkanes) is 12. The molecule has 2 aromatic rings. The quantitative estimate of drug-likeness (QED) is 0.152. The van der Waals surface area contributed by atoms with E-state index >= 15 is 0 Å². The van der Waals surface area contributed by atoms with E-state index in [1.54, 1.807) is 12.1 Å². The summed E-state index contributed by atoms with van der Waals surface area (Å²) in [6, 6.07) is 11.9. The molecule has 0 aliphatic rings. The largest absolute Gasteiger partial charge is 0.507 e. The maximum atomic E-state index is 10.8. The average Bonchev–Trinajstić information content (AvgIpc) is 2.92. The Hall–Kier alpha value is -1.39. The van der Waals surface area contributed by atoms with Crippen LogP contribution >= 0.6 is 0 Å². The van der Waals surface area contributed by atoms with Crippen LogP contribution in [0.15, 0.2) is 46.2 Å². The van der Waals surface area contributed by atoms with Crippen molar-refractivity contribution in [2.24, 2.45) is 0 Å². The number of rotatable bonds is 20. The predicted molar refractivity (Wildman–Crippen MR) is 179 cm³/mol. The monoisotopic (exact) mass is 586 g/mol. The fourth-order valence-electron chi connectivity index (χ4n) is 5.62. The fourth-order valence-corrected chi connectivity index (χ4v) is 7.64. The van der Waals surface area contributed by atoms with E-state index in [-0.39, 0.29) is 22.3 Å². The maximum absolute atomic E-state index is 10.8. The molecule has 40 heavy (non-hydrogen) atoms. The van der Waals surface area contributed by atoms with Gasteiger partial charge in [0.25, 0.3) is 0 Å². The van der Waals surface area contributed by atoms with Gasteiger partial charge >= 0.3 is 0 Å². The number of hydrogen-bond donors (Lipinski definition) is 2. The van der Waals surface area contributed by atoms with Gasteiger partial charge in [0.15, 0.2) is 0 Å². The minimum absolute atomic E-state index is 0.00776. The first-order valence-corrected chi connectivity index (χ1v) is 18.3. The molecule has 0 radical (unpaired) electrons. The standard InChI is InChI=1S/C36H58O2S2/c1-7-9-11-13-15-17-19-25-35(3,4)29-21-23-31(37)33(27-29)40(39)34-28-30(22-24-32(34)38)36(5,6)26-20-18-16-14-12-10-8-2/h21-24,27-28,37-38H,7-20,25-26H2,1-6H3. The molecule has 0 amide bonds. The van der Waals surface area contributed by atoms with Gasteiger partial charge in [-0.15, -0.1) is 0 Å². The molecule has 2 aromatic carbocycles. The molecule has 2 nitrogen and oxygen atoms in total. The Kier molecular flexibility index (Phi) is 15.3. The molecule has 0 spiro atoms. The van der Waals surface area contributed by atoms with E-state index in [2.05, 4.69) is 53.7 Å². The van der Waals surface area contributed by atoms with Crippen LogP contribution in [0.1, 0.15) is 155 Å². The van der Waals surface area contributed by atoms with Gasteiger partial charge in [-0.25, -0.2) is 0 Å². The van der Waals surface area contributed by atoms with E-state index in [0.29, 0.717) is 0 Å². The summed E-state index contributed by atoms with van der Waals surface area (Å²) in [7, 11) is -0.851. The van der Waals surface area contributed by atoms with Gasteiger partial charge in [0.05, 0.1) is 9.79 Å². The van der Waals surface area contributed by atoms with Crippen molar-refractivity contribution in [3.05, 3.63) is 47.5 Å². The van der Waals surface area contributed by atoms with Crippen LogP contribution in [0.25, 0.3) is 0 Å². The molecule has 0 aromatic heterocycles. The van der Waals surface area contributed by atoms with Gasteiger partial charge in [-0.1, -0.05) is 153 Å². The second-order valence-corrected chi connectivity index (χ2v) is 15.6. The van der Waals surface area contributed by atoms with E-state index in [1.807, 2.05) is 12.1 Å². The summed E-state index contributed by atoms with van der Waals surface area (Å²) in [6.07, 6.45) is 20.5. The molecule has 0 unspecified atom stereocenters. The molecule has 4 heteroatoms. The van der Waals surface area contributed by atoms with Crippen molar-refractivity contribution in [3.63, 3.8) is 0 Å². The molecule has 2 rings (SSSR count). The SMILES string of the molecule is CCCCCCCCCC(C)(C)c1ccc(O)c(S(=S)c2cc(C(C)(C)CCCCCCCCC)ccc2O)c1. The van der Waals surface area contributed by atoms with Crippen LogP contribution in [-0.4, -0.2) is 10.2 Å². The van der Waals surface area contributed by atoms with Gasteiger partial charge in [-0.3, -0.25) is 0 Å². The van der Waals surface area contributed by atoms with Crippen molar-refractivity contribution in [2.45, 2.75) is 165 Å². The highest BCUT2D eigenvalue weighted by molar-refractivity contribution is 8.29. The minimum Gasteiger partial charge on any atom is -0.507 e. The topological polar surface area (TPSA) is 40.5 Å². The van der Waals surface area contributed by atoms with E-state index in [9.17, 15) is 10.2 Å². The van der Waals surface area contributed by atoms with Gasteiger partial charge in [0.1, 0.15) is 11.5 Å². The van der Waals surface area contributed by atoms with Crippen LogP contribution in [0.3, 0.4) is 0 Å². The first-order valence-electron chi connectivity index (χ1n) is 16.1. The molecule has 0 saturated heterocycles. The van der Waals surface area contributed by atoms with Gasteiger partial charge < -0.3 is 10.2 Å². The predicted octanol–water partition coefficient (Wildman–Crippen LogP) is 11.4. The third-order valence-electron chi connectivity index (χ3n) is 8.69. The van der Waals surface area contributed by atoms with E-state index < -0.39 is 9.45 Å². The van der Waals surface area contributed by atoms with E-state index in [0.717, 1.165) is 22.6 Å². The second kappa shape index (κ2) is 17.5. The zero-order valence-corrected chi connectivity index (χ0v) is 28.1. The Morgan fingerprint density at radius 1 is 0.550 bits per heavy atom. The molecular formula is C36H58O2S2. The third-order valence-corrected chi connectivity index (χ3v) is 11.2. The van der Waals surface area contributed by atoms with Crippen LogP contribution in [0, 0.1) is 0 Å². The lowest BCUT2D eigenvalue weighted by Crippen LogP contribution is -2.18. The summed E-state index contributed by atoms with van der Waals surface area (Å²) in [6.45, 7) is 13.7. The maximum Gasteiger partial charge on any atom is 0.129 e. The Morgan fingerprint density at radius 3 is 1.23 bits per heavy atom. The molecule has 0 aliphatic carbocycles. The van der Waals surface area contributed by atoms with Crippen molar-refractivity contribution in [1.82, 2.24) is 0 Å². The lowest BCUT2D eigenvalue weighted by atomic mass is 9.80. The van der Waals surface area contributed by atoms with Crippen molar-refractivity contribution < 1.29 is 10.2 Å². The first kappa shape index (κ1) is 34.8. The Balaban J connectivity index is 2.11. The Bertz CT molecular complexity index is 960. The second-order valence-electron chi connectivity index (χ2n) is 13.1. The van der Waals surface area contributed by atoms with Crippen molar-refractivity contribution in [3.8, 4) is 11.5 Å². The first-order chi connectivity index (χ1) is 19.0. The normalized spacial score (nSPS) is 12.4.